The summed E-state index contributed by atoms with van der Waals surface area (Å²) in [5.74, 6) is -0.692. The van der Waals surface area contributed by atoms with Gasteiger partial charge in [0.1, 0.15) is 0 Å². The van der Waals surface area contributed by atoms with Crippen molar-refractivity contribution in [2.24, 2.45) is 0 Å². The smallest absolute Gasteiger partial charge is 0.251 e. The van der Waals surface area contributed by atoms with Gasteiger partial charge >= 0.3 is 0 Å². The molecule has 4 N–H and O–H groups in total. The summed E-state index contributed by atoms with van der Waals surface area (Å²) in [6.45, 7) is -0.0256. The molecule has 0 unspecified atom stereocenters. The van der Waals surface area contributed by atoms with E-state index in [1.54, 1.807) is 0 Å². The minimum absolute atomic E-state index is 0.0256. The minimum Gasteiger partial charge on any atom is -0.397 e. The van der Waals surface area contributed by atoms with Gasteiger partial charge in [0.2, 0.25) is 10.0 Å². The lowest BCUT2D eigenvalue weighted by Crippen LogP contribution is -2.33. The second kappa shape index (κ2) is 6.42. The molecule has 0 spiro atoms. The summed E-state index contributed by atoms with van der Waals surface area (Å²) in [6, 6.07) is 2.73. The molecule has 0 saturated carbocycles. The molecule has 1 amide bonds. The van der Waals surface area contributed by atoms with Crippen molar-refractivity contribution >= 4 is 44.8 Å². The van der Waals surface area contributed by atoms with E-state index in [-0.39, 0.29) is 33.6 Å². The van der Waals surface area contributed by atoms with Crippen molar-refractivity contribution in [2.75, 3.05) is 25.1 Å². The van der Waals surface area contributed by atoms with Crippen molar-refractivity contribution in [1.82, 2.24) is 10.0 Å². The van der Waals surface area contributed by atoms with Gasteiger partial charge in [-0.15, -0.1) is 0 Å². The van der Waals surface area contributed by atoms with Gasteiger partial charge in [0.15, 0.2) is 0 Å². The Morgan fingerprint density at radius 3 is 2.53 bits per heavy atom. The number of benzene rings is 1. The Morgan fingerprint density at radius 1 is 1.37 bits per heavy atom. The number of nitrogens with two attached hydrogens (primary N) is 1. The molecule has 1 rings (SSSR count). The van der Waals surface area contributed by atoms with Crippen LogP contribution in [0, 0.1) is 0 Å². The van der Waals surface area contributed by atoms with Crippen LogP contribution in [0.25, 0.3) is 0 Å². The van der Waals surface area contributed by atoms with Crippen LogP contribution in [0.3, 0.4) is 0 Å². The van der Waals surface area contributed by atoms with Crippen molar-refractivity contribution in [3.8, 4) is 0 Å². The van der Waals surface area contributed by atoms with Crippen LogP contribution in [-0.2, 0) is 10.0 Å². The first-order valence-electron chi connectivity index (χ1n) is 5.21. The summed E-state index contributed by atoms with van der Waals surface area (Å²) in [4.78, 5) is 11.8. The Labute approximate surface area is 121 Å². The number of halogens is 2. The van der Waals surface area contributed by atoms with Crippen LogP contribution in [0.4, 0.5) is 5.69 Å². The molecule has 9 heteroatoms. The highest BCUT2D eigenvalue weighted by Crippen LogP contribution is 2.29. The van der Waals surface area contributed by atoms with Gasteiger partial charge in [-0.2, -0.15) is 0 Å². The van der Waals surface area contributed by atoms with Gasteiger partial charge in [0, 0.05) is 12.1 Å². The van der Waals surface area contributed by atoms with E-state index in [1.807, 2.05) is 0 Å². The molecular weight excluding hydrogens is 313 g/mol. The average Bonchev–Trinajstić information content (AvgIpc) is 2.35. The number of hydrogen-bond acceptors (Lipinski definition) is 4. The SMILES string of the molecule is CNS(=O)(=O)CCNC(=O)c1cc(N)c(Cl)c(Cl)c1. The third-order valence-corrected chi connectivity index (χ3v) is 4.47. The Hall–Kier alpha value is -1.02. The third kappa shape index (κ3) is 4.54. The maximum Gasteiger partial charge on any atom is 0.251 e. The van der Waals surface area contributed by atoms with E-state index in [2.05, 4.69) is 10.0 Å². The molecular formula is C10H13Cl2N3O3S. The van der Waals surface area contributed by atoms with Crippen molar-refractivity contribution in [3.63, 3.8) is 0 Å². The number of sulfonamides is 1. The Balaban J connectivity index is 2.70. The summed E-state index contributed by atoms with van der Waals surface area (Å²) in [5, 5.41) is 2.79. The third-order valence-electron chi connectivity index (χ3n) is 2.29. The van der Waals surface area contributed by atoms with Gasteiger partial charge < -0.3 is 11.1 Å². The first-order chi connectivity index (χ1) is 8.76. The zero-order valence-corrected chi connectivity index (χ0v) is 12.4. The molecule has 0 heterocycles. The van der Waals surface area contributed by atoms with E-state index in [4.69, 9.17) is 28.9 Å². The lowest BCUT2D eigenvalue weighted by atomic mass is 10.2. The van der Waals surface area contributed by atoms with Gasteiger partial charge in [-0.1, -0.05) is 23.2 Å². The fourth-order valence-electron chi connectivity index (χ4n) is 1.24. The monoisotopic (exact) mass is 325 g/mol. The maximum absolute atomic E-state index is 11.8. The first-order valence-corrected chi connectivity index (χ1v) is 7.61. The van der Waals surface area contributed by atoms with E-state index in [0.717, 1.165) is 0 Å². The molecule has 1 aromatic rings. The number of carbonyl (C=O) groups is 1. The molecule has 106 valence electrons. The van der Waals surface area contributed by atoms with Crippen LogP contribution in [-0.4, -0.2) is 33.7 Å². The van der Waals surface area contributed by atoms with Gasteiger partial charge in [-0.05, 0) is 19.2 Å². The standard InChI is InChI=1S/C10H13Cl2N3O3S/c1-14-19(17,18)3-2-15-10(16)6-4-7(11)9(12)8(13)5-6/h4-5,14H,2-3,13H2,1H3,(H,15,16). The van der Waals surface area contributed by atoms with E-state index in [0.29, 0.717) is 0 Å². The van der Waals surface area contributed by atoms with Crippen LogP contribution in [0.5, 0.6) is 0 Å². The number of hydrogen-bond donors (Lipinski definition) is 3. The summed E-state index contributed by atoms with van der Waals surface area (Å²) in [7, 11) is -2.05. The Kier molecular flexibility index (Phi) is 5.42. The topological polar surface area (TPSA) is 101 Å². The molecule has 6 nitrogen and oxygen atoms in total. The fraction of sp³-hybridized carbons (Fsp3) is 0.300. The van der Waals surface area contributed by atoms with Crippen LogP contribution in [0.1, 0.15) is 10.4 Å². The Morgan fingerprint density at radius 2 is 2.00 bits per heavy atom. The number of anilines is 1. The second-order valence-corrected chi connectivity index (χ2v) is 6.47. The number of rotatable bonds is 5. The number of carbonyl (C=O) groups excluding carboxylic acids is 1. The van der Waals surface area contributed by atoms with Crippen LogP contribution < -0.4 is 15.8 Å². The largest absolute Gasteiger partial charge is 0.397 e. The van der Waals surface area contributed by atoms with Crippen LogP contribution in [0.2, 0.25) is 10.0 Å². The number of amides is 1. The molecule has 0 radical (unpaired) electrons. The predicted molar refractivity (Wildman–Crippen MR) is 76.1 cm³/mol. The zero-order chi connectivity index (χ0) is 14.6. The molecule has 0 aromatic heterocycles. The molecule has 0 fully saturated rings. The average molecular weight is 326 g/mol. The second-order valence-electron chi connectivity index (χ2n) is 3.64. The lowest BCUT2D eigenvalue weighted by molar-refractivity contribution is 0.0956. The van der Waals surface area contributed by atoms with E-state index >= 15 is 0 Å². The molecule has 0 saturated heterocycles. The summed E-state index contributed by atoms with van der Waals surface area (Å²) >= 11 is 11.6. The highest BCUT2D eigenvalue weighted by Gasteiger charge is 2.12. The van der Waals surface area contributed by atoms with Crippen molar-refractivity contribution in [3.05, 3.63) is 27.7 Å². The number of nitrogen functional groups attached to an aromatic ring is 1. The molecule has 1 aromatic carbocycles. The van der Waals surface area contributed by atoms with Gasteiger partial charge in [-0.3, -0.25) is 4.79 Å². The molecule has 0 aliphatic carbocycles. The van der Waals surface area contributed by atoms with E-state index in [9.17, 15) is 13.2 Å². The first kappa shape index (κ1) is 16.0. The van der Waals surface area contributed by atoms with E-state index in [1.165, 1.54) is 19.2 Å². The van der Waals surface area contributed by atoms with Gasteiger partial charge in [0.05, 0.1) is 21.5 Å². The van der Waals surface area contributed by atoms with Gasteiger partial charge in [-0.25, -0.2) is 13.1 Å². The van der Waals surface area contributed by atoms with Crippen molar-refractivity contribution in [1.29, 1.82) is 0 Å². The normalized spacial score (nSPS) is 11.3. The quantitative estimate of drug-likeness (QED) is 0.698. The number of nitrogens with one attached hydrogen (secondary N) is 2. The highest BCUT2D eigenvalue weighted by atomic mass is 35.5. The highest BCUT2D eigenvalue weighted by molar-refractivity contribution is 7.89. The minimum atomic E-state index is -3.36. The molecule has 0 aliphatic heterocycles. The van der Waals surface area contributed by atoms with Gasteiger partial charge in [0.25, 0.3) is 5.91 Å². The summed E-state index contributed by atoms with van der Waals surface area (Å²) in [5.41, 5.74) is 5.98. The summed E-state index contributed by atoms with van der Waals surface area (Å²) < 4.78 is 24.4. The molecule has 0 bridgehead atoms. The predicted octanol–water partition coefficient (Wildman–Crippen LogP) is 0.855. The Bertz CT molecular complexity index is 567. The molecule has 0 atom stereocenters. The van der Waals surface area contributed by atoms with Crippen molar-refractivity contribution < 1.29 is 13.2 Å². The van der Waals surface area contributed by atoms with Crippen molar-refractivity contribution in [2.45, 2.75) is 0 Å². The molecule has 19 heavy (non-hydrogen) atoms. The summed E-state index contributed by atoms with van der Waals surface area (Å²) in [6.07, 6.45) is 0. The fourth-order valence-corrected chi connectivity index (χ4v) is 2.16. The zero-order valence-electron chi connectivity index (χ0n) is 10.0. The maximum atomic E-state index is 11.8. The van der Waals surface area contributed by atoms with Crippen LogP contribution in [0.15, 0.2) is 12.1 Å². The van der Waals surface area contributed by atoms with Crippen LogP contribution >= 0.6 is 23.2 Å². The molecule has 0 aliphatic rings. The van der Waals surface area contributed by atoms with E-state index < -0.39 is 15.9 Å². The lowest BCUT2D eigenvalue weighted by Gasteiger charge is -2.08.